The van der Waals surface area contributed by atoms with E-state index in [1.807, 2.05) is 17.4 Å². The Morgan fingerprint density at radius 1 is 0.345 bits per heavy atom. The van der Waals surface area contributed by atoms with Gasteiger partial charge in [-0.2, -0.15) is 0 Å². The van der Waals surface area contributed by atoms with E-state index in [2.05, 4.69) is 199 Å². The van der Waals surface area contributed by atoms with E-state index in [1.54, 1.807) is 0 Å². The van der Waals surface area contributed by atoms with Crippen LogP contribution in [0.4, 0.5) is 17.1 Å². The first-order valence-corrected chi connectivity index (χ1v) is 19.5. The van der Waals surface area contributed by atoms with Gasteiger partial charge >= 0.3 is 0 Å². The molecule has 0 fully saturated rings. The highest BCUT2D eigenvalue weighted by Gasteiger charge is 2.20. The van der Waals surface area contributed by atoms with Gasteiger partial charge in [0.25, 0.3) is 0 Å². The quantitative estimate of drug-likeness (QED) is 0.170. The third-order valence-electron chi connectivity index (χ3n) is 10.8. The van der Waals surface area contributed by atoms with Crippen LogP contribution in [0.25, 0.3) is 86.3 Å². The van der Waals surface area contributed by atoms with Crippen molar-refractivity contribution in [2.24, 2.45) is 0 Å². The van der Waals surface area contributed by atoms with E-state index < -0.39 is 0 Å². The van der Waals surface area contributed by atoms with Crippen molar-refractivity contribution in [1.82, 2.24) is 0 Å². The molecule has 0 amide bonds. The molecule has 258 valence electrons. The highest BCUT2D eigenvalue weighted by Crippen LogP contribution is 2.45. The molecule has 0 unspecified atom stereocenters. The Labute approximate surface area is 322 Å². The van der Waals surface area contributed by atoms with E-state index in [-0.39, 0.29) is 0 Å². The highest BCUT2D eigenvalue weighted by molar-refractivity contribution is 7.25. The van der Waals surface area contributed by atoms with Crippen LogP contribution in [0.5, 0.6) is 0 Å². The molecule has 0 saturated carbocycles. The van der Waals surface area contributed by atoms with Crippen LogP contribution in [0.3, 0.4) is 0 Å². The molecule has 0 aliphatic carbocycles. The summed E-state index contributed by atoms with van der Waals surface area (Å²) >= 11 is 1.85. The standard InChI is InChI=1S/C52H33NOS/c1-2-12-34(13-3-1)35-24-26-39(27-25-35)53(40-28-29-51-48(33-40)46-18-7-9-23-50(46)55-51)41-31-37(43-19-10-15-36-14-4-5-16-42(36)43)30-38(32-41)44-20-11-21-47-45-17-6-8-22-49(45)54-52(44)47/h1-33H. The average Bonchev–Trinajstić information content (AvgIpc) is 3.82. The third kappa shape index (κ3) is 5.40. The van der Waals surface area contributed by atoms with Gasteiger partial charge in [0, 0.05) is 53.6 Å². The molecule has 0 radical (unpaired) electrons. The normalized spacial score (nSPS) is 11.6. The van der Waals surface area contributed by atoms with Crippen LogP contribution in [-0.4, -0.2) is 0 Å². The van der Waals surface area contributed by atoms with Crippen molar-refractivity contribution < 1.29 is 4.42 Å². The largest absolute Gasteiger partial charge is 0.455 e. The molecule has 11 aromatic rings. The van der Waals surface area contributed by atoms with E-state index in [9.17, 15) is 0 Å². The molecule has 55 heavy (non-hydrogen) atoms. The Kier molecular flexibility index (Phi) is 7.39. The lowest BCUT2D eigenvalue weighted by molar-refractivity contribution is 0.670. The first kappa shape index (κ1) is 31.6. The molecule has 2 aromatic heterocycles. The van der Waals surface area contributed by atoms with Crippen molar-refractivity contribution >= 4 is 81.3 Å². The summed E-state index contributed by atoms with van der Waals surface area (Å²) in [6.07, 6.45) is 0. The summed E-state index contributed by atoms with van der Waals surface area (Å²) in [5.74, 6) is 0. The first-order valence-electron chi connectivity index (χ1n) is 18.7. The van der Waals surface area contributed by atoms with Gasteiger partial charge < -0.3 is 9.32 Å². The Bertz CT molecular complexity index is 3200. The van der Waals surface area contributed by atoms with Gasteiger partial charge in [-0.3, -0.25) is 0 Å². The van der Waals surface area contributed by atoms with E-state index >= 15 is 0 Å². The molecule has 0 spiro atoms. The maximum atomic E-state index is 6.65. The molecule has 2 heterocycles. The number of rotatable bonds is 6. The maximum Gasteiger partial charge on any atom is 0.143 e. The molecule has 11 rings (SSSR count). The number of furan rings is 1. The van der Waals surface area contributed by atoms with E-state index in [0.717, 1.165) is 55.7 Å². The first-order chi connectivity index (χ1) is 27.2. The van der Waals surface area contributed by atoms with E-state index in [0.29, 0.717) is 0 Å². The van der Waals surface area contributed by atoms with Gasteiger partial charge in [-0.15, -0.1) is 11.3 Å². The second-order valence-electron chi connectivity index (χ2n) is 14.1. The zero-order valence-corrected chi connectivity index (χ0v) is 30.6. The summed E-state index contributed by atoms with van der Waals surface area (Å²) in [4.78, 5) is 2.41. The lowest BCUT2D eigenvalue weighted by Crippen LogP contribution is -2.10. The topological polar surface area (TPSA) is 16.4 Å². The minimum Gasteiger partial charge on any atom is -0.455 e. The van der Waals surface area contributed by atoms with Crippen molar-refractivity contribution in [3.8, 4) is 33.4 Å². The summed E-state index contributed by atoms with van der Waals surface area (Å²) in [6, 6.07) is 72.3. The van der Waals surface area contributed by atoms with Crippen molar-refractivity contribution in [2.45, 2.75) is 0 Å². The Morgan fingerprint density at radius 3 is 1.84 bits per heavy atom. The predicted molar refractivity (Wildman–Crippen MR) is 235 cm³/mol. The zero-order valence-electron chi connectivity index (χ0n) is 29.8. The van der Waals surface area contributed by atoms with Crippen LogP contribution >= 0.6 is 11.3 Å². The number of anilines is 3. The number of thiophene rings is 1. The summed E-state index contributed by atoms with van der Waals surface area (Å²) in [5.41, 5.74) is 11.9. The van der Waals surface area contributed by atoms with Crippen LogP contribution < -0.4 is 4.90 Å². The SMILES string of the molecule is c1ccc(-c2ccc(N(c3cc(-c4cccc5ccccc45)cc(-c4cccc5c4oc4ccccc45)c3)c3ccc4sc5ccccc5c4c3)cc2)cc1. The summed E-state index contributed by atoms with van der Waals surface area (Å²) < 4.78 is 9.23. The monoisotopic (exact) mass is 719 g/mol. The minimum atomic E-state index is 0.895. The van der Waals surface area contributed by atoms with Crippen molar-refractivity contribution in [3.63, 3.8) is 0 Å². The molecule has 0 atom stereocenters. The fourth-order valence-corrected chi connectivity index (χ4v) is 9.32. The number of hydrogen-bond donors (Lipinski definition) is 0. The van der Waals surface area contributed by atoms with E-state index in [4.69, 9.17) is 4.42 Å². The zero-order chi connectivity index (χ0) is 36.3. The average molecular weight is 720 g/mol. The fraction of sp³-hybridized carbons (Fsp3) is 0. The van der Waals surface area contributed by atoms with Crippen LogP contribution in [0, 0.1) is 0 Å². The van der Waals surface area contributed by atoms with Gasteiger partial charge in [-0.1, -0.05) is 140 Å². The van der Waals surface area contributed by atoms with Gasteiger partial charge in [0.05, 0.1) is 0 Å². The van der Waals surface area contributed by atoms with Gasteiger partial charge in [0.2, 0.25) is 0 Å². The molecule has 2 nitrogen and oxygen atoms in total. The third-order valence-corrected chi connectivity index (χ3v) is 12.0. The Morgan fingerprint density at radius 2 is 0.964 bits per heavy atom. The maximum absolute atomic E-state index is 6.65. The lowest BCUT2D eigenvalue weighted by atomic mass is 9.93. The molecule has 9 aromatic carbocycles. The number of para-hydroxylation sites is 2. The van der Waals surface area contributed by atoms with Crippen LogP contribution in [0.15, 0.2) is 205 Å². The second-order valence-corrected chi connectivity index (χ2v) is 15.2. The lowest BCUT2D eigenvalue weighted by Gasteiger charge is -2.27. The molecule has 0 bridgehead atoms. The van der Waals surface area contributed by atoms with Gasteiger partial charge in [0.1, 0.15) is 11.2 Å². The van der Waals surface area contributed by atoms with Gasteiger partial charge in [-0.25, -0.2) is 0 Å². The van der Waals surface area contributed by atoms with Crippen LogP contribution in [0.1, 0.15) is 0 Å². The molecular weight excluding hydrogens is 687 g/mol. The molecule has 0 aliphatic rings. The van der Waals surface area contributed by atoms with Crippen molar-refractivity contribution in [1.29, 1.82) is 0 Å². The number of benzene rings is 9. The molecule has 0 saturated heterocycles. The van der Waals surface area contributed by atoms with Crippen molar-refractivity contribution in [3.05, 3.63) is 200 Å². The smallest absolute Gasteiger partial charge is 0.143 e. The van der Waals surface area contributed by atoms with Crippen molar-refractivity contribution in [2.75, 3.05) is 4.90 Å². The molecular formula is C52H33NOS. The fourth-order valence-electron chi connectivity index (χ4n) is 8.24. The molecule has 0 N–H and O–H groups in total. The number of nitrogens with zero attached hydrogens (tertiary/aromatic N) is 1. The predicted octanol–water partition coefficient (Wildman–Crippen LogP) is 15.6. The van der Waals surface area contributed by atoms with E-state index in [1.165, 1.54) is 47.6 Å². The number of hydrogen-bond acceptors (Lipinski definition) is 3. The summed E-state index contributed by atoms with van der Waals surface area (Å²) in [6.45, 7) is 0. The molecule has 0 aliphatic heterocycles. The van der Waals surface area contributed by atoms with Crippen LogP contribution in [0.2, 0.25) is 0 Å². The Balaban J connectivity index is 1.18. The minimum absolute atomic E-state index is 0.895. The Hall–Kier alpha value is -6.94. The second kappa shape index (κ2) is 12.9. The summed E-state index contributed by atoms with van der Waals surface area (Å²) in [5, 5.41) is 7.23. The van der Waals surface area contributed by atoms with Gasteiger partial charge in [0.15, 0.2) is 0 Å². The molecule has 3 heteroatoms. The number of fused-ring (bicyclic) bond motifs is 7. The highest BCUT2D eigenvalue weighted by atomic mass is 32.1. The van der Waals surface area contributed by atoms with Gasteiger partial charge in [-0.05, 0) is 99.3 Å². The van der Waals surface area contributed by atoms with Crippen LogP contribution in [-0.2, 0) is 0 Å². The summed E-state index contributed by atoms with van der Waals surface area (Å²) in [7, 11) is 0.